The van der Waals surface area contributed by atoms with E-state index >= 15 is 0 Å². The monoisotopic (exact) mass is 534 g/mol. The second-order valence-corrected chi connectivity index (χ2v) is 9.98. The molecule has 5 nitrogen and oxygen atoms in total. The van der Waals surface area contributed by atoms with Crippen molar-refractivity contribution in [2.24, 2.45) is 0 Å². The highest BCUT2D eigenvalue weighted by Crippen LogP contribution is 2.25. The minimum absolute atomic E-state index is 0.0846. The van der Waals surface area contributed by atoms with Gasteiger partial charge in [0.2, 0.25) is 0 Å². The maximum absolute atomic E-state index is 13.5. The van der Waals surface area contributed by atoms with Crippen molar-refractivity contribution in [1.29, 1.82) is 0 Å². The fraction of sp³-hybridized carbons (Fsp3) is 0.200. The maximum atomic E-state index is 13.5. The molecule has 1 aliphatic rings. The van der Waals surface area contributed by atoms with E-state index < -0.39 is 0 Å². The van der Waals surface area contributed by atoms with E-state index in [1.807, 2.05) is 55.4 Å². The van der Waals surface area contributed by atoms with E-state index in [2.05, 4.69) is 0 Å². The predicted molar refractivity (Wildman–Crippen MR) is 150 cm³/mol. The summed E-state index contributed by atoms with van der Waals surface area (Å²) in [5.74, 6) is 0.466. The Morgan fingerprint density at radius 2 is 1.32 bits per heavy atom. The van der Waals surface area contributed by atoms with Crippen molar-refractivity contribution in [1.82, 2.24) is 9.80 Å². The number of halogens is 2. The Hall–Kier alpha value is -3.38. The highest BCUT2D eigenvalue weighted by Gasteiger charge is 2.29. The van der Waals surface area contributed by atoms with Crippen molar-refractivity contribution in [3.05, 3.63) is 111 Å². The van der Waals surface area contributed by atoms with Gasteiger partial charge in [-0.15, -0.1) is 0 Å². The van der Waals surface area contributed by atoms with Crippen molar-refractivity contribution in [2.75, 3.05) is 40.3 Å². The third kappa shape index (κ3) is 7.32. The number of piperidine rings is 1. The van der Waals surface area contributed by atoms with E-state index in [1.165, 1.54) is 0 Å². The second-order valence-electron chi connectivity index (χ2n) is 9.11. The molecular weight excluding hydrogens is 507 g/mol. The van der Waals surface area contributed by atoms with Gasteiger partial charge in [0.25, 0.3) is 5.91 Å². The number of rotatable bonds is 7. The number of carbonyl (C=O) groups excluding carboxylic acids is 2. The van der Waals surface area contributed by atoms with E-state index in [4.69, 9.17) is 27.9 Å². The molecule has 1 aliphatic heterocycles. The van der Waals surface area contributed by atoms with Crippen LogP contribution in [0.3, 0.4) is 0 Å². The maximum Gasteiger partial charge on any atom is 0.254 e. The smallest absolute Gasteiger partial charge is 0.254 e. The number of hydrogen-bond acceptors (Lipinski definition) is 4. The van der Waals surface area contributed by atoms with Gasteiger partial charge in [-0.3, -0.25) is 9.59 Å². The van der Waals surface area contributed by atoms with Crippen LogP contribution >= 0.6 is 23.2 Å². The van der Waals surface area contributed by atoms with Crippen LogP contribution in [0.15, 0.2) is 83.9 Å². The van der Waals surface area contributed by atoms with E-state index in [-0.39, 0.29) is 24.8 Å². The Labute approximate surface area is 227 Å². The molecular formula is C30H28Cl2N2O3. The van der Waals surface area contributed by atoms with Crippen LogP contribution < -0.4 is 4.74 Å². The Balaban J connectivity index is 1.60. The summed E-state index contributed by atoms with van der Waals surface area (Å²) in [4.78, 5) is 30.6. The van der Waals surface area contributed by atoms with Crippen LogP contribution in [0.1, 0.15) is 21.5 Å². The van der Waals surface area contributed by atoms with Crippen LogP contribution in [-0.2, 0) is 4.79 Å². The largest absolute Gasteiger partial charge is 0.492 e. The van der Waals surface area contributed by atoms with Gasteiger partial charge >= 0.3 is 0 Å². The number of likely N-dealkylation sites (tertiary alicyclic amines) is 1. The van der Waals surface area contributed by atoms with Gasteiger partial charge in [-0.05, 0) is 85.9 Å². The number of Topliss-reactive ketones (excluding diaryl/α,β-unsaturated/α-hetero) is 1. The molecule has 1 saturated heterocycles. The SMILES string of the molecule is CN(C)CCOc1ccc(C(=O)N2C/C(=C/c3ccc(Cl)cc3)C(=O)/C(=C/c3ccc(Cl)cc3)C2)cc1. The molecule has 0 atom stereocenters. The van der Waals surface area contributed by atoms with Crippen LogP contribution in [-0.4, -0.2) is 61.8 Å². The molecule has 37 heavy (non-hydrogen) atoms. The first kappa shape index (κ1) is 26.7. The fourth-order valence-corrected chi connectivity index (χ4v) is 4.18. The van der Waals surface area contributed by atoms with Gasteiger partial charge < -0.3 is 14.5 Å². The molecule has 1 fully saturated rings. The summed E-state index contributed by atoms with van der Waals surface area (Å²) in [6.07, 6.45) is 3.63. The summed E-state index contributed by atoms with van der Waals surface area (Å²) in [5, 5.41) is 1.23. The average molecular weight is 535 g/mol. The molecule has 190 valence electrons. The highest BCUT2D eigenvalue weighted by molar-refractivity contribution is 6.31. The topological polar surface area (TPSA) is 49.9 Å². The number of ketones is 1. The zero-order valence-electron chi connectivity index (χ0n) is 20.8. The van der Waals surface area contributed by atoms with Gasteiger partial charge in [0.05, 0.1) is 13.1 Å². The van der Waals surface area contributed by atoms with Gasteiger partial charge in [-0.1, -0.05) is 47.5 Å². The summed E-state index contributed by atoms with van der Waals surface area (Å²) in [5.41, 5.74) is 3.28. The van der Waals surface area contributed by atoms with Gasteiger partial charge in [0.15, 0.2) is 5.78 Å². The lowest BCUT2D eigenvalue weighted by Gasteiger charge is -2.30. The quantitative estimate of drug-likeness (QED) is 0.342. The molecule has 0 unspecified atom stereocenters. The molecule has 0 saturated carbocycles. The predicted octanol–water partition coefficient (Wildman–Crippen LogP) is 6.13. The Morgan fingerprint density at radius 3 is 1.78 bits per heavy atom. The molecule has 7 heteroatoms. The standard InChI is InChI=1S/C30H28Cl2N2O3/c1-33(2)15-16-37-28-13-7-23(8-14-28)30(36)34-19-24(17-21-3-9-26(31)10-4-21)29(35)25(20-34)18-22-5-11-27(32)12-6-22/h3-14,17-18H,15-16,19-20H2,1-2H3/b24-17-,25-18+. The minimum atomic E-state index is -0.156. The van der Waals surface area contributed by atoms with E-state index in [0.29, 0.717) is 39.1 Å². The molecule has 0 aromatic heterocycles. The molecule has 3 aromatic carbocycles. The van der Waals surface area contributed by atoms with Gasteiger partial charge in [0, 0.05) is 33.3 Å². The van der Waals surface area contributed by atoms with Crippen molar-refractivity contribution in [3.8, 4) is 5.75 Å². The van der Waals surface area contributed by atoms with Crippen molar-refractivity contribution < 1.29 is 14.3 Å². The Morgan fingerprint density at radius 1 is 0.838 bits per heavy atom. The van der Waals surface area contributed by atoms with E-state index in [0.717, 1.165) is 17.7 Å². The van der Waals surface area contributed by atoms with Crippen LogP contribution in [0, 0.1) is 0 Å². The summed E-state index contributed by atoms with van der Waals surface area (Å²) in [6.45, 7) is 1.78. The van der Waals surface area contributed by atoms with E-state index in [1.54, 1.807) is 53.4 Å². The average Bonchev–Trinajstić information content (AvgIpc) is 2.88. The normalized spacial score (nSPS) is 16.0. The van der Waals surface area contributed by atoms with Gasteiger partial charge in [-0.25, -0.2) is 0 Å². The van der Waals surface area contributed by atoms with Crippen LogP contribution in [0.4, 0.5) is 0 Å². The van der Waals surface area contributed by atoms with Crippen LogP contribution in [0.5, 0.6) is 5.75 Å². The molecule has 0 spiro atoms. The highest BCUT2D eigenvalue weighted by atomic mass is 35.5. The van der Waals surface area contributed by atoms with Crippen molar-refractivity contribution in [3.63, 3.8) is 0 Å². The van der Waals surface area contributed by atoms with Crippen molar-refractivity contribution in [2.45, 2.75) is 0 Å². The summed E-state index contributed by atoms with van der Waals surface area (Å²) >= 11 is 12.0. The molecule has 0 radical (unpaired) electrons. The third-order valence-electron chi connectivity index (χ3n) is 5.92. The Bertz CT molecular complexity index is 1240. The number of nitrogens with zero attached hydrogens (tertiary/aromatic N) is 2. The molecule has 0 N–H and O–H groups in total. The number of hydrogen-bond donors (Lipinski definition) is 0. The molecule has 3 aromatic rings. The minimum Gasteiger partial charge on any atom is -0.492 e. The second kappa shape index (κ2) is 12.2. The van der Waals surface area contributed by atoms with Crippen molar-refractivity contribution >= 4 is 47.0 Å². The molecule has 0 aliphatic carbocycles. The lowest BCUT2D eigenvalue weighted by molar-refractivity contribution is -0.113. The van der Waals surface area contributed by atoms with E-state index in [9.17, 15) is 9.59 Å². The lowest BCUT2D eigenvalue weighted by atomic mass is 9.93. The first-order chi connectivity index (χ1) is 17.8. The summed E-state index contributed by atoms with van der Waals surface area (Å²) in [7, 11) is 3.97. The number of likely N-dealkylation sites (N-methyl/N-ethyl adjacent to an activating group) is 1. The molecule has 0 bridgehead atoms. The number of benzene rings is 3. The molecule has 1 amide bonds. The molecule has 1 heterocycles. The fourth-order valence-electron chi connectivity index (χ4n) is 3.93. The van der Waals surface area contributed by atoms with Gasteiger partial charge in [-0.2, -0.15) is 0 Å². The third-order valence-corrected chi connectivity index (χ3v) is 6.43. The Kier molecular flexibility index (Phi) is 8.82. The van der Waals surface area contributed by atoms with Crippen LogP contribution in [0.2, 0.25) is 10.0 Å². The van der Waals surface area contributed by atoms with Crippen LogP contribution in [0.25, 0.3) is 12.2 Å². The molecule has 4 rings (SSSR count). The first-order valence-corrected chi connectivity index (χ1v) is 12.7. The zero-order valence-corrected chi connectivity index (χ0v) is 22.3. The van der Waals surface area contributed by atoms with Gasteiger partial charge in [0.1, 0.15) is 12.4 Å². The zero-order chi connectivity index (χ0) is 26.4. The summed E-state index contributed by atoms with van der Waals surface area (Å²) in [6, 6.07) is 21.6. The summed E-state index contributed by atoms with van der Waals surface area (Å²) < 4.78 is 5.75. The first-order valence-electron chi connectivity index (χ1n) is 11.9. The number of carbonyl (C=O) groups is 2. The number of amides is 1. The number of ether oxygens (including phenoxy) is 1. The lowest BCUT2D eigenvalue weighted by Crippen LogP contribution is -2.41.